The summed E-state index contributed by atoms with van der Waals surface area (Å²) in [5, 5.41) is 15.9. The Balaban J connectivity index is 1.54. The molecule has 2 aliphatic rings. The van der Waals surface area contributed by atoms with E-state index < -0.39 is 59.0 Å². The van der Waals surface area contributed by atoms with Gasteiger partial charge in [-0.25, -0.2) is 9.37 Å². The summed E-state index contributed by atoms with van der Waals surface area (Å²) in [4.78, 5) is 58.6. The van der Waals surface area contributed by atoms with Gasteiger partial charge in [0.2, 0.25) is 11.8 Å². The number of methoxy groups -OCH3 is 1. The number of aromatic nitrogens is 1. The van der Waals surface area contributed by atoms with Crippen LogP contribution in [0, 0.1) is 12.3 Å². The summed E-state index contributed by atoms with van der Waals surface area (Å²) in [5.41, 5.74) is 1.50. The largest absolute Gasteiger partial charge is 0.469 e. The number of aliphatic hydroxyl groups is 1. The van der Waals surface area contributed by atoms with Crippen molar-refractivity contribution in [2.24, 2.45) is 5.41 Å². The van der Waals surface area contributed by atoms with E-state index in [1.165, 1.54) is 23.3 Å². The molecule has 222 valence electrons. The summed E-state index contributed by atoms with van der Waals surface area (Å²) >= 11 is 1.51. The van der Waals surface area contributed by atoms with E-state index in [1.807, 2.05) is 31.2 Å². The number of thiazole rings is 1. The molecule has 41 heavy (non-hydrogen) atoms. The van der Waals surface area contributed by atoms with Crippen LogP contribution in [0.1, 0.15) is 63.8 Å². The number of halogens is 1. The summed E-state index contributed by atoms with van der Waals surface area (Å²) in [5.74, 6) is -2.52. The van der Waals surface area contributed by atoms with Gasteiger partial charge in [-0.3, -0.25) is 19.2 Å². The number of β-amino-alcohol motifs (C(OH)–C–C–N with tert-alkyl or cyclic N) is 1. The van der Waals surface area contributed by atoms with Crippen molar-refractivity contribution in [2.45, 2.75) is 83.3 Å². The Bertz CT molecular complexity index is 1300. The number of esters is 1. The van der Waals surface area contributed by atoms with E-state index in [2.05, 4.69) is 15.6 Å². The molecule has 1 saturated heterocycles. The number of alkyl halides is 1. The molecule has 0 radical (unpaired) electrons. The maximum Gasteiger partial charge on any atom is 0.307 e. The van der Waals surface area contributed by atoms with E-state index in [0.29, 0.717) is 5.56 Å². The first kappa shape index (κ1) is 30.6. The second kappa shape index (κ2) is 11.8. The second-order valence-corrected chi connectivity index (χ2v) is 12.7. The third-order valence-corrected chi connectivity index (χ3v) is 8.56. The summed E-state index contributed by atoms with van der Waals surface area (Å²) in [6.07, 6.45) is -0.941. The minimum Gasteiger partial charge on any atom is -0.469 e. The number of carbonyl (C=O) groups excluding carboxylic acids is 4. The molecule has 1 aliphatic carbocycles. The van der Waals surface area contributed by atoms with Crippen LogP contribution >= 0.6 is 11.3 Å². The highest BCUT2D eigenvalue weighted by Gasteiger charge is 2.53. The molecule has 0 bridgehead atoms. The molecular formula is C29H37FN4O6S. The smallest absolute Gasteiger partial charge is 0.307 e. The zero-order chi connectivity index (χ0) is 30.1. The van der Waals surface area contributed by atoms with Crippen LogP contribution in [-0.2, 0) is 23.9 Å². The number of aryl methyl sites for hydroxylation is 1. The van der Waals surface area contributed by atoms with Gasteiger partial charge in [0.15, 0.2) is 5.67 Å². The number of likely N-dealkylation sites (tertiary alicyclic amines) is 1. The molecule has 3 N–H and O–H groups in total. The average molecular weight is 589 g/mol. The Kier molecular flexibility index (Phi) is 8.84. The number of amides is 3. The Morgan fingerprint density at radius 1 is 1.20 bits per heavy atom. The minimum absolute atomic E-state index is 0.0238. The van der Waals surface area contributed by atoms with Gasteiger partial charge in [0.25, 0.3) is 5.91 Å². The van der Waals surface area contributed by atoms with Crippen LogP contribution in [0.2, 0.25) is 0 Å². The lowest BCUT2D eigenvalue weighted by Crippen LogP contribution is -2.59. The predicted octanol–water partition coefficient (Wildman–Crippen LogP) is 2.83. The fourth-order valence-corrected chi connectivity index (χ4v) is 5.75. The summed E-state index contributed by atoms with van der Waals surface area (Å²) in [6, 6.07) is 4.46. The van der Waals surface area contributed by atoms with Crippen LogP contribution in [0.15, 0.2) is 29.8 Å². The van der Waals surface area contributed by atoms with E-state index in [1.54, 1.807) is 26.3 Å². The van der Waals surface area contributed by atoms with E-state index in [9.17, 15) is 28.7 Å². The average Bonchev–Trinajstić information content (AvgIpc) is 3.33. The first-order chi connectivity index (χ1) is 19.2. The van der Waals surface area contributed by atoms with E-state index >= 15 is 0 Å². The number of nitrogens with one attached hydrogen (secondary N) is 2. The van der Waals surface area contributed by atoms with Gasteiger partial charge in [-0.2, -0.15) is 0 Å². The molecule has 4 rings (SSSR count). The van der Waals surface area contributed by atoms with E-state index in [-0.39, 0.29) is 32.2 Å². The number of nitrogens with zero attached hydrogens (tertiary/aromatic N) is 2. The van der Waals surface area contributed by atoms with Crippen molar-refractivity contribution in [1.82, 2.24) is 20.5 Å². The highest BCUT2D eigenvalue weighted by molar-refractivity contribution is 7.13. The van der Waals surface area contributed by atoms with Gasteiger partial charge >= 0.3 is 5.97 Å². The van der Waals surface area contributed by atoms with E-state index in [4.69, 9.17) is 4.74 Å². The standard InChI is InChI=1S/C29H37FN4O6S/c1-16-23(41-15-31-16)18-8-6-17(7-9-18)20(13-22(36)40-5)32-25(37)21-12-19(35)14-34(21)26(38)24(28(2,3)4)33-27(39)29(30)10-11-29/h6-9,15,19-21,24,35H,10-14H2,1-5H3,(H,32,37)(H,33,39)/t19-,20+,21+,24+/m1/s1. The van der Waals surface area contributed by atoms with Crippen LogP contribution < -0.4 is 10.6 Å². The lowest BCUT2D eigenvalue weighted by molar-refractivity contribution is -0.145. The number of rotatable bonds is 9. The first-order valence-electron chi connectivity index (χ1n) is 13.6. The summed E-state index contributed by atoms with van der Waals surface area (Å²) < 4.78 is 19.3. The minimum atomic E-state index is -1.97. The van der Waals surface area contributed by atoms with Gasteiger partial charge < -0.3 is 25.4 Å². The zero-order valence-corrected chi connectivity index (χ0v) is 24.7. The number of benzene rings is 1. The molecule has 10 nitrogen and oxygen atoms in total. The van der Waals surface area contributed by atoms with Crippen LogP contribution in [0.3, 0.4) is 0 Å². The van der Waals surface area contributed by atoms with Gasteiger partial charge in [0.05, 0.1) is 41.8 Å². The molecule has 1 aromatic carbocycles. The Morgan fingerprint density at radius 3 is 2.39 bits per heavy atom. The molecule has 0 spiro atoms. The number of ether oxygens (including phenoxy) is 1. The van der Waals surface area contributed by atoms with E-state index in [0.717, 1.165) is 16.1 Å². The molecular weight excluding hydrogens is 551 g/mol. The van der Waals surface area contributed by atoms with Crippen molar-refractivity contribution >= 4 is 35.0 Å². The second-order valence-electron chi connectivity index (χ2n) is 11.9. The molecule has 12 heteroatoms. The third kappa shape index (κ3) is 6.92. The van der Waals surface area contributed by atoms with Crippen molar-refractivity contribution in [3.05, 3.63) is 41.0 Å². The number of hydrogen-bond donors (Lipinski definition) is 3. The van der Waals surface area contributed by atoms with Gasteiger partial charge in [-0.05, 0) is 36.3 Å². The van der Waals surface area contributed by atoms with Crippen molar-refractivity contribution in [2.75, 3.05) is 13.7 Å². The first-order valence-corrected chi connectivity index (χ1v) is 14.5. The third-order valence-electron chi connectivity index (χ3n) is 7.58. The molecule has 0 unspecified atom stereocenters. The molecule has 2 heterocycles. The Morgan fingerprint density at radius 2 is 1.85 bits per heavy atom. The van der Waals surface area contributed by atoms with Crippen molar-refractivity contribution in [3.63, 3.8) is 0 Å². The van der Waals surface area contributed by atoms with Gasteiger partial charge in [-0.15, -0.1) is 11.3 Å². The maximum absolute atomic E-state index is 14.4. The fourth-order valence-electron chi connectivity index (χ4n) is 4.93. The monoisotopic (exact) mass is 588 g/mol. The molecule has 1 aliphatic heterocycles. The molecule has 1 saturated carbocycles. The summed E-state index contributed by atoms with van der Waals surface area (Å²) in [6.45, 7) is 7.00. The molecule has 4 atom stereocenters. The molecule has 3 amide bonds. The van der Waals surface area contributed by atoms with Crippen molar-refractivity contribution in [3.8, 4) is 10.4 Å². The van der Waals surface area contributed by atoms with Gasteiger partial charge in [0.1, 0.15) is 12.1 Å². The van der Waals surface area contributed by atoms with Gasteiger partial charge in [0, 0.05) is 13.0 Å². The zero-order valence-electron chi connectivity index (χ0n) is 23.9. The number of aliphatic hydroxyl groups excluding tert-OH is 1. The quantitative estimate of drug-likeness (QED) is 0.383. The van der Waals surface area contributed by atoms with Gasteiger partial charge in [-0.1, -0.05) is 45.0 Å². The predicted molar refractivity (Wildman–Crippen MR) is 150 cm³/mol. The maximum atomic E-state index is 14.4. The van der Waals surface area contributed by atoms with Crippen LogP contribution in [-0.4, -0.2) is 76.2 Å². The van der Waals surface area contributed by atoms with Crippen LogP contribution in [0.4, 0.5) is 4.39 Å². The lowest BCUT2D eigenvalue weighted by atomic mass is 9.85. The lowest BCUT2D eigenvalue weighted by Gasteiger charge is -2.36. The molecule has 2 fully saturated rings. The SMILES string of the molecule is COC(=O)C[C@H](NC(=O)[C@@H]1C[C@@H](O)CN1C(=O)[C@H](NC(=O)C1(F)CC1)C(C)(C)C)c1ccc(-c2scnc2C)cc1. The Hall–Kier alpha value is -3.38. The van der Waals surface area contributed by atoms with Crippen LogP contribution in [0.25, 0.3) is 10.4 Å². The van der Waals surface area contributed by atoms with Crippen molar-refractivity contribution < 1.29 is 33.4 Å². The molecule has 2 aromatic rings. The number of carbonyl (C=O) groups is 4. The topological polar surface area (TPSA) is 138 Å². The van der Waals surface area contributed by atoms with Crippen LogP contribution in [0.5, 0.6) is 0 Å². The number of hydrogen-bond acceptors (Lipinski definition) is 8. The highest BCUT2D eigenvalue weighted by Crippen LogP contribution is 2.40. The normalized spacial score (nSPS) is 21.1. The molecule has 1 aromatic heterocycles. The Labute approximate surface area is 242 Å². The van der Waals surface area contributed by atoms with Crippen molar-refractivity contribution in [1.29, 1.82) is 0 Å². The summed E-state index contributed by atoms with van der Waals surface area (Å²) in [7, 11) is 1.26. The highest BCUT2D eigenvalue weighted by atomic mass is 32.1. The fraction of sp³-hybridized carbons (Fsp3) is 0.552.